The topological polar surface area (TPSA) is 50.4 Å². The molecule has 0 bridgehead atoms. The first-order valence-corrected chi connectivity index (χ1v) is 7.00. The maximum absolute atomic E-state index is 10.2. The molecular formula is C16H21N3O. The molecule has 0 amide bonds. The number of para-hydroxylation sites is 1. The fourth-order valence-electron chi connectivity index (χ4n) is 2.17. The van der Waals surface area contributed by atoms with Crippen LogP contribution < -0.4 is 0 Å². The van der Waals surface area contributed by atoms with Gasteiger partial charge in [0.25, 0.3) is 0 Å². The van der Waals surface area contributed by atoms with Gasteiger partial charge in [0.15, 0.2) is 0 Å². The van der Waals surface area contributed by atoms with Crippen LogP contribution in [0.25, 0.3) is 0 Å². The van der Waals surface area contributed by atoms with Crippen molar-refractivity contribution < 1.29 is 5.11 Å². The summed E-state index contributed by atoms with van der Waals surface area (Å²) in [6.07, 6.45) is 7.33. The van der Waals surface area contributed by atoms with Crippen LogP contribution in [0, 0.1) is 0 Å². The van der Waals surface area contributed by atoms with E-state index in [2.05, 4.69) is 9.98 Å². The predicted octanol–water partition coefficient (Wildman–Crippen LogP) is 3.05. The summed E-state index contributed by atoms with van der Waals surface area (Å²) in [6, 6.07) is 5.84. The van der Waals surface area contributed by atoms with E-state index in [1.165, 1.54) is 0 Å². The van der Waals surface area contributed by atoms with Gasteiger partial charge in [-0.15, -0.1) is 0 Å². The van der Waals surface area contributed by atoms with Gasteiger partial charge in [-0.05, 0) is 31.4 Å². The van der Waals surface area contributed by atoms with Crippen LogP contribution in [0.4, 0.5) is 0 Å². The van der Waals surface area contributed by atoms with Gasteiger partial charge >= 0.3 is 0 Å². The first-order chi connectivity index (χ1) is 9.72. The quantitative estimate of drug-likeness (QED) is 0.648. The Morgan fingerprint density at radius 2 is 2.25 bits per heavy atom. The van der Waals surface area contributed by atoms with Crippen molar-refractivity contribution in [1.82, 2.24) is 9.55 Å². The zero-order chi connectivity index (χ0) is 14.4. The summed E-state index contributed by atoms with van der Waals surface area (Å²) in [4.78, 5) is 8.56. The van der Waals surface area contributed by atoms with Gasteiger partial charge in [0.2, 0.25) is 0 Å². The molecule has 106 valence electrons. The summed E-state index contributed by atoms with van der Waals surface area (Å²) in [6.45, 7) is 5.65. The third kappa shape index (κ3) is 3.47. The van der Waals surface area contributed by atoms with Crippen LogP contribution in [0.3, 0.4) is 0 Å². The molecule has 0 aliphatic rings. The molecule has 0 saturated carbocycles. The number of aliphatic imine (C=N–C) groups is 1. The molecule has 0 unspecified atom stereocenters. The molecule has 0 fully saturated rings. The molecule has 1 heterocycles. The van der Waals surface area contributed by atoms with E-state index in [0.717, 1.165) is 42.8 Å². The van der Waals surface area contributed by atoms with Crippen LogP contribution in [-0.4, -0.2) is 26.9 Å². The van der Waals surface area contributed by atoms with Crippen molar-refractivity contribution in [1.29, 1.82) is 0 Å². The van der Waals surface area contributed by atoms with Crippen LogP contribution in [0.1, 0.15) is 31.4 Å². The van der Waals surface area contributed by atoms with E-state index in [9.17, 15) is 5.11 Å². The Hall–Kier alpha value is -2.10. The third-order valence-electron chi connectivity index (χ3n) is 3.37. The predicted molar refractivity (Wildman–Crippen MR) is 81.4 cm³/mol. The van der Waals surface area contributed by atoms with Gasteiger partial charge in [-0.1, -0.05) is 19.1 Å². The third-order valence-corrected chi connectivity index (χ3v) is 3.37. The van der Waals surface area contributed by atoms with Gasteiger partial charge in [0, 0.05) is 36.8 Å². The molecule has 0 saturated heterocycles. The highest BCUT2D eigenvalue weighted by Gasteiger charge is 2.07. The van der Waals surface area contributed by atoms with Gasteiger partial charge < -0.3 is 9.67 Å². The van der Waals surface area contributed by atoms with E-state index in [0.29, 0.717) is 5.75 Å². The Kier molecular flexibility index (Phi) is 4.93. The average molecular weight is 271 g/mol. The largest absolute Gasteiger partial charge is 0.507 e. The number of phenolic OH excluding ortho intramolecular Hbond substituents is 1. The maximum atomic E-state index is 10.2. The SMILES string of the molecule is CCc1cccc(C(C)=NCCCn2ccnc2)c1O. The van der Waals surface area contributed by atoms with Crippen molar-refractivity contribution in [3.8, 4) is 5.75 Å². The lowest BCUT2D eigenvalue weighted by molar-refractivity contribution is 0.467. The standard InChI is InChI=1S/C16H21N3O/c1-3-14-6-4-7-15(16(14)20)13(2)18-8-5-10-19-11-9-17-12-19/h4,6-7,9,11-12,20H,3,5,8,10H2,1-2H3. The summed E-state index contributed by atoms with van der Waals surface area (Å²) >= 11 is 0. The van der Waals surface area contributed by atoms with Crippen molar-refractivity contribution in [3.05, 3.63) is 48.0 Å². The Balaban J connectivity index is 1.96. The van der Waals surface area contributed by atoms with Crippen molar-refractivity contribution in [2.45, 2.75) is 33.2 Å². The summed E-state index contributed by atoms with van der Waals surface area (Å²) in [5.41, 5.74) is 2.70. The van der Waals surface area contributed by atoms with Gasteiger partial charge in [0.05, 0.1) is 6.33 Å². The first kappa shape index (κ1) is 14.3. The molecule has 4 nitrogen and oxygen atoms in total. The highest BCUT2D eigenvalue weighted by atomic mass is 16.3. The second kappa shape index (κ2) is 6.89. The normalized spacial score (nSPS) is 11.8. The smallest absolute Gasteiger partial charge is 0.127 e. The number of imidazole rings is 1. The Labute approximate surface area is 119 Å². The summed E-state index contributed by atoms with van der Waals surface area (Å²) in [5.74, 6) is 0.367. The number of phenols is 1. The molecular weight excluding hydrogens is 250 g/mol. The number of nitrogens with zero attached hydrogens (tertiary/aromatic N) is 3. The Morgan fingerprint density at radius 3 is 2.95 bits per heavy atom. The molecule has 0 spiro atoms. The number of benzene rings is 1. The van der Waals surface area contributed by atoms with Gasteiger partial charge in [-0.2, -0.15) is 0 Å². The molecule has 0 aliphatic carbocycles. The van der Waals surface area contributed by atoms with E-state index < -0.39 is 0 Å². The Morgan fingerprint density at radius 1 is 1.40 bits per heavy atom. The first-order valence-electron chi connectivity index (χ1n) is 7.00. The summed E-state index contributed by atoms with van der Waals surface area (Å²) in [5, 5.41) is 10.2. The summed E-state index contributed by atoms with van der Waals surface area (Å²) in [7, 11) is 0. The molecule has 1 aromatic heterocycles. The molecule has 20 heavy (non-hydrogen) atoms. The minimum atomic E-state index is 0.367. The van der Waals surface area contributed by atoms with E-state index in [1.54, 1.807) is 6.20 Å². The molecule has 2 aromatic rings. The number of aromatic hydroxyl groups is 1. The zero-order valence-electron chi connectivity index (χ0n) is 12.1. The number of hydrogen-bond acceptors (Lipinski definition) is 3. The molecule has 0 atom stereocenters. The lowest BCUT2D eigenvalue weighted by Gasteiger charge is -2.08. The van der Waals surface area contributed by atoms with Crippen molar-refractivity contribution in [2.24, 2.45) is 4.99 Å². The number of hydrogen-bond donors (Lipinski definition) is 1. The highest BCUT2D eigenvalue weighted by molar-refractivity contribution is 6.01. The molecule has 4 heteroatoms. The number of rotatable bonds is 6. The number of aromatic nitrogens is 2. The van der Waals surface area contributed by atoms with E-state index >= 15 is 0 Å². The molecule has 0 aliphatic heterocycles. The van der Waals surface area contributed by atoms with Crippen molar-refractivity contribution in [2.75, 3.05) is 6.54 Å². The second-order valence-electron chi connectivity index (χ2n) is 4.79. The van der Waals surface area contributed by atoms with Crippen LogP contribution in [0.5, 0.6) is 5.75 Å². The van der Waals surface area contributed by atoms with Crippen molar-refractivity contribution in [3.63, 3.8) is 0 Å². The molecule has 1 aromatic carbocycles. The van der Waals surface area contributed by atoms with E-state index in [1.807, 2.05) is 49.1 Å². The minimum Gasteiger partial charge on any atom is -0.507 e. The monoisotopic (exact) mass is 271 g/mol. The van der Waals surface area contributed by atoms with Gasteiger partial charge in [-0.25, -0.2) is 4.98 Å². The Bertz CT molecular complexity index is 573. The van der Waals surface area contributed by atoms with E-state index in [-0.39, 0.29) is 0 Å². The van der Waals surface area contributed by atoms with E-state index in [4.69, 9.17) is 0 Å². The van der Waals surface area contributed by atoms with Gasteiger partial charge in [-0.3, -0.25) is 4.99 Å². The molecule has 2 rings (SSSR count). The average Bonchev–Trinajstić information content (AvgIpc) is 2.97. The van der Waals surface area contributed by atoms with Crippen LogP contribution in [0.2, 0.25) is 0 Å². The molecule has 0 radical (unpaired) electrons. The maximum Gasteiger partial charge on any atom is 0.127 e. The lowest BCUT2D eigenvalue weighted by atomic mass is 10.0. The number of aryl methyl sites for hydroxylation is 2. The fourth-order valence-corrected chi connectivity index (χ4v) is 2.17. The van der Waals surface area contributed by atoms with Crippen LogP contribution in [0.15, 0.2) is 41.9 Å². The molecule has 1 N–H and O–H groups in total. The van der Waals surface area contributed by atoms with Gasteiger partial charge in [0.1, 0.15) is 5.75 Å². The summed E-state index contributed by atoms with van der Waals surface area (Å²) < 4.78 is 2.04. The van der Waals surface area contributed by atoms with Crippen LogP contribution >= 0.6 is 0 Å². The van der Waals surface area contributed by atoms with Crippen molar-refractivity contribution >= 4 is 5.71 Å². The lowest BCUT2D eigenvalue weighted by Crippen LogP contribution is -2.01. The highest BCUT2D eigenvalue weighted by Crippen LogP contribution is 2.23. The zero-order valence-corrected chi connectivity index (χ0v) is 12.1. The second-order valence-corrected chi connectivity index (χ2v) is 4.79. The van der Waals surface area contributed by atoms with Crippen LogP contribution in [-0.2, 0) is 13.0 Å². The fraction of sp³-hybridized carbons (Fsp3) is 0.375. The minimum absolute atomic E-state index is 0.367.